The molecule has 37 heavy (non-hydrogen) atoms. The van der Waals surface area contributed by atoms with E-state index in [2.05, 4.69) is 34.5 Å². The highest BCUT2D eigenvalue weighted by atomic mass is 32.2. The zero-order valence-electron chi connectivity index (χ0n) is 19.8. The van der Waals surface area contributed by atoms with E-state index in [1.165, 1.54) is 4.90 Å². The summed E-state index contributed by atoms with van der Waals surface area (Å²) in [5.41, 5.74) is 3.06. The predicted molar refractivity (Wildman–Crippen MR) is 146 cm³/mol. The molecule has 0 bridgehead atoms. The molecule has 2 amide bonds. The Bertz CT molecular complexity index is 1590. The normalized spacial score (nSPS) is 13.1. The van der Waals surface area contributed by atoms with Gasteiger partial charge >= 0.3 is 0 Å². The van der Waals surface area contributed by atoms with Gasteiger partial charge in [-0.15, -0.1) is 10.2 Å². The summed E-state index contributed by atoms with van der Waals surface area (Å²) in [5.74, 6) is 0.569. The third-order valence-electron chi connectivity index (χ3n) is 6.29. The van der Waals surface area contributed by atoms with Gasteiger partial charge in [0.25, 0.3) is 11.8 Å². The van der Waals surface area contributed by atoms with Crippen molar-refractivity contribution < 1.29 is 9.59 Å². The summed E-state index contributed by atoms with van der Waals surface area (Å²) in [6.45, 7) is 0.0185. The molecule has 2 heterocycles. The molecule has 0 fully saturated rings. The van der Waals surface area contributed by atoms with Crippen LogP contribution < -0.4 is 0 Å². The fourth-order valence-corrected chi connectivity index (χ4v) is 5.35. The number of para-hydroxylation sites is 1. The van der Waals surface area contributed by atoms with Crippen LogP contribution in [0.1, 0.15) is 32.1 Å². The number of benzene rings is 4. The van der Waals surface area contributed by atoms with E-state index in [4.69, 9.17) is 0 Å². The van der Waals surface area contributed by atoms with Crippen molar-refractivity contribution in [3.8, 4) is 5.69 Å². The predicted octanol–water partition coefficient (Wildman–Crippen LogP) is 6.02. The molecule has 0 radical (unpaired) electrons. The standard InChI is InChI=1S/C30H22N4O2S/c35-28-24-17-7-13-22-14-8-18-25(27(22)24)29(36)33(28)20-26-31-32-30(34(26)23-15-5-2-6-16-23)37-19-9-12-21-10-3-1-4-11-21/h1-18H,19-20H2/b12-9+. The molecule has 0 saturated heterocycles. The first-order valence-electron chi connectivity index (χ1n) is 11.9. The number of carbonyl (C=O) groups is 2. The first kappa shape index (κ1) is 22.9. The Kier molecular flexibility index (Phi) is 6.12. The fraction of sp³-hybridized carbons (Fsp3) is 0.0667. The molecule has 1 aromatic heterocycles. The van der Waals surface area contributed by atoms with E-state index in [9.17, 15) is 9.59 Å². The maximum Gasteiger partial charge on any atom is 0.261 e. The number of nitrogens with zero attached hydrogens (tertiary/aromatic N) is 4. The summed E-state index contributed by atoms with van der Waals surface area (Å²) < 4.78 is 1.92. The van der Waals surface area contributed by atoms with Gasteiger partial charge in [-0.2, -0.15) is 0 Å². The van der Waals surface area contributed by atoms with Crippen LogP contribution in [0.15, 0.2) is 108 Å². The fourth-order valence-electron chi connectivity index (χ4n) is 4.57. The number of hydrogen-bond donors (Lipinski definition) is 0. The van der Waals surface area contributed by atoms with E-state index in [1.807, 2.05) is 77.4 Å². The summed E-state index contributed by atoms with van der Waals surface area (Å²) in [6.07, 6.45) is 4.15. The van der Waals surface area contributed by atoms with Gasteiger partial charge in [0.2, 0.25) is 0 Å². The Morgan fingerprint density at radius 2 is 1.38 bits per heavy atom. The molecule has 4 aromatic carbocycles. The van der Waals surface area contributed by atoms with E-state index < -0.39 is 0 Å². The molecule has 6 nitrogen and oxygen atoms in total. The molecular weight excluding hydrogens is 480 g/mol. The van der Waals surface area contributed by atoms with Gasteiger partial charge in [-0.05, 0) is 35.2 Å². The van der Waals surface area contributed by atoms with Crippen LogP contribution in [0, 0.1) is 0 Å². The number of imide groups is 1. The first-order chi connectivity index (χ1) is 18.2. The van der Waals surface area contributed by atoms with Crippen molar-refractivity contribution in [3.63, 3.8) is 0 Å². The van der Waals surface area contributed by atoms with Crippen LogP contribution in [-0.2, 0) is 6.54 Å². The molecule has 0 saturated carbocycles. The zero-order chi connectivity index (χ0) is 25.2. The smallest absolute Gasteiger partial charge is 0.261 e. The minimum Gasteiger partial charge on any atom is -0.272 e. The lowest BCUT2D eigenvalue weighted by Gasteiger charge is -2.27. The second-order valence-electron chi connectivity index (χ2n) is 8.60. The number of thioether (sulfide) groups is 1. The lowest BCUT2D eigenvalue weighted by Crippen LogP contribution is -2.40. The van der Waals surface area contributed by atoms with Crippen LogP contribution >= 0.6 is 11.8 Å². The maximum atomic E-state index is 13.5. The van der Waals surface area contributed by atoms with Gasteiger partial charge in [-0.3, -0.25) is 19.1 Å². The Labute approximate surface area is 218 Å². The van der Waals surface area contributed by atoms with Crippen LogP contribution in [0.4, 0.5) is 0 Å². The van der Waals surface area contributed by atoms with Crippen LogP contribution in [0.3, 0.4) is 0 Å². The van der Waals surface area contributed by atoms with Crippen LogP contribution in [0.25, 0.3) is 22.5 Å². The number of carbonyl (C=O) groups excluding carboxylic acids is 2. The molecule has 6 rings (SSSR count). The van der Waals surface area contributed by atoms with Crippen LogP contribution in [0.5, 0.6) is 0 Å². The van der Waals surface area contributed by atoms with Gasteiger partial charge in [0.15, 0.2) is 11.0 Å². The minimum atomic E-state index is -0.322. The van der Waals surface area contributed by atoms with Gasteiger partial charge in [0.05, 0.1) is 6.54 Å². The number of aromatic nitrogens is 3. The number of hydrogen-bond acceptors (Lipinski definition) is 5. The Balaban J connectivity index is 1.31. The highest BCUT2D eigenvalue weighted by Crippen LogP contribution is 2.31. The van der Waals surface area contributed by atoms with Crippen LogP contribution in [0.2, 0.25) is 0 Å². The summed E-state index contributed by atoms with van der Waals surface area (Å²) in [7, 11) is 0. The largest absolute Gasteiger partial charge is 0.272 e. The molecule has 0 spiro atoms. The molecule has 0 N–H and O–H groups in total. The number of rotatable bonds is 7. The second-order valence-corrected chi connectivity index (χ2v) is 9.59. The van der Waals surface area contributed by atoms with Crippen molar-refractivity contribution in [3.05, 3.63) is 126 Å². The summed E-state index contributed by atoms with van der Waals surface area (Å²) in [5, 5.41) is 11.1. The molecule has 7 heteroatoms. The lowest BCUT2D eigenvalue weighted by atomic mass is 9.94. The highest BCUT2D eigenvalue weighted by Gasteiger charge is 2.34. The molecule has 0 atom stereocenters. The summed E-state index contributed by atoms with van der Waals surface area (Å²) in [4.78, 5) is 28.2. The van der Waals surface area contributed by atoms with Crippen molar-refractivity contribution in [2.45, 2.75) is 11.7 Å². The maximum absolute atomic E-state index is 13.5. The minimum absolute atomic E-state index is 0.0185. The molecular formula is C30H22N4O2S. The first-order valence-corrected chi connectivity index (χ1v) is 12.9. The van der Waals surface area contributed by atoms with Gasteiger partial charge in [0, 0.05) is 28.0 Å². The molecule has 1 aliphatic heterocycles. The molecule has 1 aliphatic rings. The average molecular weight is 503 g/mol. The van der Waals surface area contributed by atoms with E-state index in [-0.39, 0.29) is 18.4 Å². The second kappa shape index (κ2) is 9.87. The van der Waals surface area contributed by atoms with Crippen molar-refractivity contribution in [2.75, 3.05) is 5.75 Å². The lowest BCUT2D eigenvalue weighted by molar-refractivity contribution is 0.0593. The van der Waals surface area contributed by atoms with E-state index in [1.54, 1.807) is 23.9 Å². The van der Waals surface area contributed by atoms with Crippen molar-refractivity contribution in [2.24, 2.45) is 0 Å². The van der Waals surface area contributed by atoms with Crippen molar-refractivity contribution in [1.82, 2.24) is 19.7 Å². The van der Waals surface area contributed by atoms with E-state index in [0.29, 0.717) is 33.2 Å². The topological polar surface area (TPSA) is 68.1 Å². The highest BCUT2D eigenvalue weighted by molar-refractivity contribution is 7.99. The van der Waals surface area contributed by atoms with E-state index >= 15 is 0 Å². The quantitative estimate of drug-likeness (QED) is 0.201. The average Bonchev–Trinajstić information content (AvgIpc) is 3.35. The van der Waals surface area contributed by atoms with Crippen molar-refractivity contribution >= 4 is 40.4 Å². The SMILES string of the molecule is O=C1c2cccc3cccc(c23)C(=O)N1Cc1nnc(SC/C=C/c2ccccc2)n1-c1ccccc1. The van der Waals surface area contributed by atoms with Gasteiger partial charge < -0.3 is 0 Å². The molecule has 180 valence electrons. The Morgan fingerprint density at radius 3 is 2.05 bits per heavy atom. The third-order valence-corrected chi connectivity index (χ3v) is 7.17. The number of amides is 2. The van der Waals surface area contributed by atoms with Crippen molar-refractivity contribution in [1.29, 1.82) is 0 Å². The Hall–Kier alpha value is -4.49. The van der Waals surface area contributed by atoms with E-state index in [0.717, 1.165) is 16.6 Å². The molecule has 0 unspecified atom stereocenters. The summed E-state index contributed by atoms with van der Waals surface area (Å²) in [6, 6.07) is 30.9. The van der Waals surface area contributed by atoms with Gasteiger partial charge in [0.1, 0.15) is 0 Å². The van der Waals surface area contributed by atoms with Crippen LogP contribution in [-0.4, -0.2) is 37.2 Å². The molecule has 0 aliphatic carbocycles. The Morgan fingerprint density at radius 1 is 0.730 bits per heavy atom. The van der Waals surface area contributed by atoms with Gasteiger partial charge in [-0.1, -0.05) is 96.7 Å². The van der Waals surface area contributed by atoms with Gasteiger partial charge in [-0.25, -0.2) is 0 Å². The summed E-state index contributed by atoms with van der Waals surface area (Å²) >= 11 is 1.54. The molecule has 5 aromatic rings. The monoisotopic (exact) mass is 502 g/mol. The third kappa shape index (κ3) is 4.34. The zero-order valence-corrected chi connectivity index (χ0v) is 20.6.